The third kappa shape index (κ3) is 4.07. The average Bonchev–Trinajstić information content (AvgIpc) is 2.99. The first-order valence-corrected chi connectivity index (χ1v) is 9.27. The summed E-state index contributed by atoms with van der Waals surface area (Å²) in [5, 5.41) is 6.89. The van der Waals surface area contributed by atoms with Gasteiger partial charge in [-0.3, -0.25) is 14.4 Å². The minimum atomic E-state index is -0.410. The minimum Gasteiger partial charge on any atom is -0.354 e. The van der Waals surface area contributed by atoms with Crippen molar-refractivity contribution in [3.8, 4) is 0 Å². The van der Waals surface area contributed by atoms with E-state index in [1.807, 2.05) is 38.1 Å². The molecule has 0 saturated heterocycles. The van der Waals surface area contributed by atoms with Crippen LogP contribution in [0.2, 0.25) is 0 Å². The number of anilines is 1. The van der Waals surface area contributed by atoms with Crippen LogP contribution >= 0.6 is 0 Å². The molecular formula is C20H24N4O3. The van der Waals surface area contributed by atoms with Crippen LogP contribution in [-0.4, -0.2) is 34.2 Å². The van der Waals surface area contributed by atoms with Crippen LogP contribution < -0.4 is 15.8 Å². The molecule has 0 aliphatic carbocycles. The van der Waals surface area contributed by atoms with Gasteiger partial charge in [0, 0.05) is 24.3 Å². The van der Waals surface area contributed by atoms with Crippen molar-refractivity contribution in [1.29, 1.82) is 0 Å². The number of para-hydroxylation sites is 1. The molecule has 0 spiro atoms. The van der Waals surface area contributed by atoms with Crippen LogP contribution in [0, 0.1) is 0 Å². The SMILES string of the molecule is CCCCNC(=O)Cn1nc(C(=O)N2c3ccccc3C[C@H]2C)ccc1=O. The predicted octanol–water partition coefficient (Wildman–Crippen LogP) is 1.75. The molecule has 27 heavy (non-hydrogen) atoms. The number of hydrogen-bond donors (Lipinski definition) is 1. The number of fused-ring (bicyclic) bond motifs is 1. The topological polar surface area (TPSA) is 84.3 Å². The van der Waals surface area contributed by atoms with E-state index in [2.05, 4.69) is 10.4 Å². The van der Waals surface area contributed by atoms with Gasteiger partial charge in [-0.1, -0.05) is 31.5 Å². The van der Waals surface area contributed by atoms with Gasteiger partial charge in [0.2, 0.25) is 5.91 Å². The first-order valence-electron chi connectivity index (χ1n) is 9.27. The Labute approximate surface area is 158 Å². The highest BCUT2D eigenvalue weighted by Gasteiger charge is 2.32. The number of rotatable bonds is 6. The summed E-state index contributed by atoms with van der Waals surface area (Å²) in [5.74, 6) is -0.560. The number of carbonyl (C=O) groups excluding carboxylic acids is 2. The van der Waals surface area contributed by atoms with Crippen LogP contribution in [0.15, 0.2) is 41.2 Å². The van der Waals surface area contributed by atoms with E-state index in [-0.39, 0.29) is 30.1 Å². The highest BCUT2D eigenvalue weighted by molar-refractivity contribution is 6.06. The van der Waals surface area contributed by atoms with E-state index in [9.17, 15) is 14.4 Å². The lowest BCUT2D eigenvalue weighted by Gasteiger charge is -2.22. The molecule has 1 aromatic carbocycles. The zero-order chi connectivity index (χ0) is 19.4. The zero-order valence-electron chi connectivity index (χ0n) is 15.6. The highest BCUT2D eigenvalue weighted by atomic mass is 16.2. The Bertz CT molecular complexity index is 906. The summed E-state index contributed by atoms with van der Waals surface area (Å²) in [6.07, 6.45) is 2.62. The average molecular weight is 368 g/mol. The Morgan fingerprint density at radius 1 is 1.22 bits per heavy atom. The molecule has 1 aromatic heterocycles. The standard InChI is InChI=1S/C20H24N4O3/c1-3-4-11-21-18(25)13-23-19(26)10-9-16(22-23)20(27)24-14(2)12-15-7-5-6-8-17(15)24/h5-10,14H,3-4,11-13H2,1-2H3,(H,21,25)/t14-/m1/s1. The third-order valence-electron chi connectivity index (χ3n) is 4.66. The molecule has 2 amide bonds. The summed E-state index contributed by atoms with van der Waals surface area (Å²) < 4.78 is 1.04. The molecule has 1 N–H and O–H groups in total. The van der Waals surface area contributed by atoms with E-state index in [4.69, 9.17) is 0 Å². The van der Waals surface area contributed by atoms with E-state index in [1.165, 1.54) is 12.1 Å². The maximum absolute atomic E-state index is 13.0. The summed E-state index contributed by atoms with van der Waals surface area (Å²) in [6.45, 7) is 4.38. The molecule has 0 fully saturated rings. The van der Waals surface area contributed by atoms with Gasteiger partial charge in [-0.05, 0) is 37.5 Å². The summed E-state index contributed by atoms with van der Waals surface area (Å²) in [5.41, 5.74) is 1.72. The molecule has 1 atom stereocenters. The Kier molecular flexibility index (Phi) is 5.69. The van der Waals surface area contributed by atoms with E-state index >= 15 is 0 Å². The molecule has 142 valence electrons. The van der Waals surface area contributed by atoms with Gasteiger partial charge < -0.3 is 10.2 Å². The number of nitrogens with one attached hydrogen (secondary N) is 1. The molecule has 2 aromatic rings. The predicted molar refractivity (Wildman–Crippen MR) is 103 cm³/mol. The van der Waals surface area contributed by atoms with Crippen LogP contribution in [0.4, 0.5) is 5.69 Å². The second-order valence-corrected chi connectivity index (χ2v) is 6.77. The number of nitrogens with zero attached hydrogens (tertiary/aromatic N) is 3. The van der Waals surface area contributed by atoms with E-state index in [0.29, 0.717) is 6.54 Å². The minimum absolute atomic E-state index is 0.00872. The molecule has 0 bridgehead atoms. The molecule has 7 heteroatoms. The zero-order valence-corrected chi connectivity index (χ0v) is 15.6. The number of hydrogen-bond acceptors (Lipinski definition) is 4. The molecule has 2 heterocycles. The molecule has 0 unspecified atom stereocenters. The van der Waals surface area contributed by atoms with Crippen molar-refractivity contribution in [1.82, 2.24) is 15.1 Å². The fourth-order valence-corrected chi connectivity index (χ4v) is 3.27. The second-order valence-electron chi connectivity index (χ2n) is 6.77. The van der Waals surface area contributed by atoms with Crippen LogP contribution in [0.5, 0.6) is 0 Å². The van der Waals surface area contributed by atoms with Crippen molar-refractivity contribution in [2.45, 2.75) is 45.7 Å². The van der Waals surface area contributed by atoms with Gasteiger partial charge in [0.05, 0.1) is 0 Å². The van der Waals surface area contributed by atoms with E-state index in [1.54, 1.807) is 4.90 Å². The Morgan fingerprint density at radius 3 is 2.78 bits per heavy atom. The smallest absolute Gasteiger partial charge is 0.278 e. The van der Waals surface area contributed by atoms with Gasteiger partial charge in [0.1, 0.15) is 12.2 Å². The molecule has 3 rings (SSSR count). The maximum Gasteiger partial charge on any atom is 0.278 e. The van der Waals surface area contributed by atoms with Crippen molar-refractivity contribution in [2.24, 2.45) is 0 Å². The molecule has 7 nitrogen and oxygen atoms in total. The summed E-state index contributed by atoms with van der Waals surface area (Å²) in [7, 11) is 0. The van der Waals surface area contributed by atoms with Crippen LogP contribution in [-0.2, 0) is 17.8 Å². The molecule has 0 saturated carbocycles. The fourth-order valence-electron chi connectivity index (χ4n) is 3.27. The molecule has 1 aliphatic heterocycles. The van der Waals surface area contributed by atoms with Crippen molar-refractivity contribution in [2.75, 3.05) is 11.4 Å². The second kappa shape index (κ2) is 8.16. The number of aromatic nitrogens is 2. The Hall–Kier alpha value is -2.96. The van der Waals surface area contributed by atoms with Gasteiger partial charge in [0.25, 0.3) is 11.5 Å². The van der Waals surface area contributed by atoms with Crippen molar-refractivity contribution in [3.63, 3.8) is 0 Å². The van der Waals surface area contributed by atoms with Gasteiger partial charge in [-0.15, -0.1) is 0 Å². The largest absolute Gasteiger partial charge is 0.354 e. The maximum atomic E-state index is 13.0. The lowest BCUT2D eigenvalue weighted by Crippen LogP contribution is -2.39. The molecular weight excluding hydrogens is 344 g/mol. The lowest BCUT2D eigenvalue weighted by atomic mass is 10.1. The van der Waals surface area contributed by atoms with Crippen molar-refractivity contribution >= 4 is 17.5 Å². The van der Waals surface area contributed by atoms with E-state index < -0.39 is 5.56 Å². The Balaban J connectivity index is 1.80. The van der Waals surface area contributed by atoms with Gasteiger partial charge in [-0.2, -0.15) is 5.10 Å². The van der Waals surface area contributed by atoms with E-state index in [0.717, 1.165) is 35.2 Å². The quantitative estimate of drug-likeness (QED) is 0.788. The van der Waals surface area contributed by atoms with Crippen molar-refractivity contribution in [3.05, 3.63) is 58.0 Å². The third-order valence-corrected chi connectivity index (χ3v) is 4.66. The van der Waals surface area contributed by atoms with Gasteiger partial charge >= 0.3 is 0 Å². The van der Waals surface area contributed by atoms with Crippen molar-refractivity contribution < 1.29 is 9.59 Å². The summed E-state index contributed by atoms with van der Waals surface area (Å²) in [4.78, 5) is 38.8. The summed E-state index contributed by atoms with van der Waals surface area (Å²) in [6, 6.07) is 10.5. The lowest BCUT2D eigenvalue weighted by molar-refractivity contribution is -0.121. The number of amides is 2. The molecule has 0 radical (unpaired) electrons. The highest BCUT2D eigenvalue weighted by Crippen LogP contribution is 2.32. The first kappa shape index (κ1) is 18.8. The van der Waals surface area contributed by atoms with Crippen LogP contribution in [0.3, 0.4) is 0 Å². The normalized spacial score (nSPS) is 15.5. The number of carbonyl (C=O) groups is 2. The monoisotopic (exact) mass is 368 g/mol. The fraction of sp³-hybridized carbons (Fsp3) is 0.400. The number of benzene rings is 1. The first-order chi connectivity index (χ1) is 13.0. The van der Waals surface area contributed by atoms with Crippen LogP contribution in [0.25, 0.3) is 0 Å². The number of unbranched alkanes of at least 4 members (excludes halogenated alkanes) is 1. The Morgan fingerprint density at radius 2 is 2.00 bits per heavy atom. The van der Waals surface area contributed by atoms with Gasteiger partial charge in [0.15, 0.2) is 0 Å². The summed E-state index contributed by atoms with van der Waals surface area (Å²) >= 11 is 0. The van der Waals surface area contributed by atoms with Gasteiger partial charge in [-0.25, -0.2) is 4.68 Å². The van der Waals surface area contributed by atoms with Crippen LogP contribution in [0.1, 0.15) is 42.7 Å². The molecule has 1 aliphatic rings.